The SMILES string of the molecule is c1cn(CCN2CCNCC23CCCCC3)cn1. The molecule has 0 radical (unpaired) electrons. The van der Waals surface area contributed by atoms with Gasteiger partial charge in [0, 0.05) is 50.7 Å². The normalized spacial score (nSPS) is 24.4. The molecule has 4 nitrogen and oxygen atoms in total. The number of rotatable bonds is 3. The molecule has 0 unspecified atom stereocenters. The smallest absolute Gasteiger partial charge is 0.0946 e. The number of imidazole rings is 1. The van der Waals surface area contributed by atoms with Crippen molar-refractivity contribution >= 4 is 0 Å². The van der Waals surface area contributed by atoms with Crippen LogP contribution >= 0.6 is 0 Å². The van der Waals surface area contributed by atoms with Gasteiger partial charge in [0.25, 0.3) is 0 Å². The molecule has 1 N–H and O–H groups in total. The summed E-state index contributed by atoms with van der Waals surface area (Å²) in [5.41, 5.74) is 0.455. The third-order valence-electron chi connectivity index (χ3n) is 4.65. The quantitative estimate of drug-likeness (QED) is 0.880. The van der Waals surface area contributed by atoms with Gasteiger partial charge in [0.1, 0.15) is 0 Å². The Bertz CT molecular complexity index is 346. The molecule has 1 spiro atoms. The van der Waals surface area contributed by atoms with Crippen molar-refractivity contribution in [2.75, 3.05) is 26.2 Å². The second-order valence-corrected chi connectivity index (χ2v) is 5.75. The van der Waals surface area contributed by atoms with Gasteiger partial charge in [-0.15, -0.1) is 0 Å². The highest BCUT2D eigenvalue weighted by atomic mass is 15.3. The largest absolute Gasteiger partial charge is 0.336 e. The van der Waals surface area contributed by atoms with E-state index in [1.807, 2.05) is 12.5 Å². The fraction of sp³-hybridized carbons (Fsp3) is 0.786. The summed E-state index contributed by atoms with van der Waals surface area (Å²) < 4.78 is 2.19. The molecular formula is C14H24N4. The molecule has 2 fully saturated rings. The summed E-state index contributed by atoms with van der Waals surface area (Å²) in [6.07, 6.45) is 12.9. The van der Waals surface area contributed by atoms with Crippen molar-refractivity contribution in [3.05, 3.63) is 18.7 Å². The lowest BCUT2D eigenvalue weighted by Crippen LogP contribution is -2.62. The highest BCUT2D eigenvalue weighted by molar-refractivity contribution is 4.97. The van der Waals surface area contributed by atoms with E-state index in [9.17, 15) is 0 Å². The standard InChI is InChI=1S/C14H24N4/c1-2-4-14(5-3-1)12-15-7-9-18(14)11-10-17-8-6-16-13-17/h6,8,13,15H,1-5,7,9-12H2. The summed E-state index contributed by atoms with van der Waals surface area (Å²) in [7, 11) is 0. The Morgan fingerprint density at radius 2 is 2.06 bits per heavy atom. The van der Waals surface area contributed by atoms with Gasteiger partial charge in [-0.2, -0.15) is 0 Å². The molecule has 2 aliphatic rings. The van der Waals surface area contributed by atoms with Gasteiger partial charge in [-0.1, -0.05) is 19.3 Å². The molecule has 0 aromatic carbocycles. The number of aromatic nitrogens is 2. The first-order valence-electron chi connectivity index (χ1n) is 7.31. The highest BCUT2D eigenvalue weighted by Crippen LogP contribution is 2.34. The maximum atomic E-state index is 4.12. The fourth-order valence-corrected chi connectivity index (χ4v) is 3.59. The lowest BCUT2D eigenvalue weighted by Gasteiger charge is -2.50. The summed E-state index contributed by atoms with van der Waals surface area (Å²) in [5.74, 6) is 0. The molecule has 1 aromatic heterocycles. The molecule has 2 heterocycles. The molecule has 0 amide bonds. The molecule has 100 valence electrons. The molecule has 3 rings (SSSR count). The van der Waals surface area contributed by atoms with E-state index < -0.39 is 0 Å². The van der Waals surface area contributed by atoms with E-state index in [2.05, 4.69) is 26.0 Å². The molecule has 18 heavy (non-hydrogen) atoms. The summed E-state index contributed by atoms with van der Waals surface area (Å²) in [6, 6.07) is 0. The average molecular weight is 248 g/mol. The number of nitrogens with zero attached hydrogens (tertiary/aromatic N) is 3. The molecule has 1 saturated carbocycles. The molecule has 1 aliphatic carbocycles. The highest BCUT2D eigenvalue weighted by Gasteiger charge is 2.39. The van der Waals surface area contributed by atoms with Crippen LogP contribution in [0.3, 0.4) is 0 Å². The minimum absolute atomic E-state index is 0.455. The molecule has 4 heteroatoms. The van der Waals surface area contributed by atoms with Crippen LogP contribution in [0.2, 0.25) is 0 Å². The first-order chi connectivity index (χ1) is 8.89. The summed E-state index contributed by atoms with van der Waals surface area (Å²) in [5, 5.41) is 3.61. The Balaban J connectivity index is 1.64. The van der Waals surface area contributed by atoms with E-state index in [1.54, 1.807) is 0 Å². The molecule has 1 saturated heterocycles. The van der Waals surface area contributed by atoms with Crippen LogP contribution in [-0.4, -0.2) is 46.2 Å². The lowest BCUT2D eigenvalue weighted by molar-refractivity contribution is 0.0250. The van der Waals surface area contributed by atoms with Crippen molar-refractivity contribution in [3.63, 3.8) is 0 Å². The molecule has 0 bridgehead atoms. The van der Waals surface area contributed by atoms with E-state index >= 15 is 0 Å². The topological polar surface area (TPSA) is 33.1 Å². The van der Waals surface area contributed by atoms with E-state index in [0.717, 1.165) is 19.6 Å². The monoisotopic (exact) mass is 248 g/mol. The Labute approximate surface area is 109 Å². The van der Waals surface area contributed by atoms with Crippen molar-refractivity contribution < 1.29 is 0 Å². The van der Waals surface area contributed by atoms with Crippen LogP contribution in [0.15, 0.2) is 18.7 Å². The fourth-order valence-electron chi connectivity index (χ4n) is 3.59. The lowest BCUT2D eigenvalue weighted by atomic mass is 9.79. The van der Waals surface area contributed by atoms with E-state index in [1.165, 1.54) is 45.2 Å². The van der Waals surface area contributed by atoms with E-state index in [4.69, 9.17) is 0 Å². The first kappa shape index (κ1) is 12.2. The van der Waals surface area contributed by atoms with Crippen molar-refractivity contribution in [2.45, 2.75) is 44.2 Å². The second kappa shape index (κ2) is 5.41. The Morgan fingerprint density at radius 3 is 2.83 bits per heavy atom. The summed E-state index contributed by atoms with van der Waals surface area (Å²) in [6.45, 7) is 5.77. The zero-order valence-corrected chi connectivity index (χ0v) is 11.1. The Kier molecular flexibility index (Phi) is 3.66. The molecule has 1 aliphatic heterocycles. The van der Waals surface area contributed by atoms with E-state index in [0.29, 0.717) is 5.54 Å². The van der Waals surface area contributed by atoms with Gasteiger partial charge < -0.3 is 9.88 Å². The van der Waals surface area contributed by atoms with Crippen molar-refractivity contribution in [1.29, 1.82) is 0 Å². The molecule has 0 atom stereocenters. The predicted octanol–water partition coefficient (Wildman–Crippen LogP) is 1.49. The van der Waals surface area contributed by atoms with Gasteiger partial charge in [-0.05, 0) is 12.8 Å². The molecular weight excluding hydrogens is 224 g/mol. The summed E-state index contributed by atoms with van der Waals surface area (Å²) in [4.78, 5) is 6.86. The number of hydrogen-bond donors (Lipinski definition) is 1. The minimum atomic E-state index is 0.455. The van der Waals surface area contributed by atoms with Crippen LogP contribution in [0.25, 0.3) is 0 Å². The van der Waals surface area contributed by atoms with Crippen LogP contribution in [0, 0.1) is 0 Å². The van der Waals surface area contributed by atoms with Gasteiger partial charge >= 0.3 is 0 Å². The number of hydrogen-bond acceptors (Lipinski definition) is 3. The zero-order chi connectivity index (χ0) is 12.3. The first-order valence-corrected chi connectivity index (χ1v) is 7.31. The van der Waals surface area contributed by atoms with Crippen molar-refractivity contribution in [2.24, 2.45) is 0 Å². The van der Waals surface area contributed by atoms with E-state index in [-0.39, 0.29) is 0 Å². The maximum absolute atomic E-state index is 4.12. The summed E-state index contributed by atoms with van der Waals surface area (Å²) >= 11 is 0. The Morgan fingerprint density at radius 1 is 1.17 bits per heavy atom. The van der Waals surface area contributed by atoms with Gasteiger partial charge in [0.05, 0.1) is 6.33 Å². The second-order valence-electron chi connectivity index (χ2n) is 5.75. The minimum Gasteiger partial charge on any atom is -0.336 e. The van der Waals surface area contributed by atoms with Crippen LogP contribution in [-0.2, 0) is 6.54 Å². The third-order valence-corrected chi connectivity index (χ3v) is 4.65. The van der Waals surface area contributed by atoms with Crippen LogP contribution in [0.5, 0.6) is 0 Å². The van der Waals surface area contributed by atoms with Gasteiger partial charge in [-0.3, -0.25) is 4.90 Å². The van der Waals surface area contributed by atoms with Crippen LogP contribution < -0.4 is 5.32 Å². The van der Waals surface area contributed by atoms with Crippen molar-refractivity contribution in [3.8, 4) is 0 Å². The molecule has 1 aromatic rings. The Hall–Kier alpha value is -0.870. The number of nitrogens with one attached hydrogen (secondary N) is 1. The average Bonchev–Trinajstić information content (AvgIpc) is 2.92. The van der Waals surface area contributed by atoms with Crippen LogP contribution in [0.4, 0.5) is 0 Å². The third kappa shape index (κ3) is 2.45. The van der Waals surface area contributed by atoms with Gasteiger partial charge in [-0.25, -0.2) is 4.98 Å². The zero-order valence-electron chi connectivity index (χ0n) is 11.1. The van der Waals surface area contributed by atoms with Gasteiger partial charge in [0.2, 0.25) is 0 Å². The predicted molar refractivity (Wildman–Crippen MR) is 72.5 cm³/mol. The van der Waals surface area contributed by atoms with Crippen molar-refractivity contribution in [1.82, 2.24) is 19.8 Å². The maximum Gasteiger partial charge on any atom is 0.0946 e. The number of piperazine rings is 1. The van der Waals surface area contributed by atoms with Crippen LogP contribution in [0.1, 0.15) is 32.1 Å². The van der Waals surface area contributed by atoms with Gasteiger partial charge in [0.15, 0.2) is 0 Å².